The largest absolute Gasteiger partial charge is 0.385 e. The molecule has 0 bridgehead atoms. The topological polar surface area (TPSA) is 59.1 Å². The van der Waals surface area contributed by atoms with E-state index in [0.29, 0.717) is 23.4 Å². The van der Waals surface area contributed by atoms with Crippen LogP contribution in [-0.2, 0) is 4.74 Å². The first kappa shape index (κ1) is 12.0. The molecule has 1 heterocycles. The quantitative estimate of drug-likeness (QED) is 0.728. The van der Waals surface area contributed by atoms with E-state index >= 15 is 0 Å². The Morgan fingerprint density at radius 1 is 1.53 bits per heavy atom. The molecule has 0 aliphatic rings. The van der Waals surface area contributed by atoms with Gasteiger partial charge in [-0.2, -0.15) is 4.98 Å². The van der Waals surface area contributed by atoms with E-state index in [0.717, 1.165) is 13.0 Å². The highest BCUT2D eigenvalue weighted by Gasteiger charge is 2.03. The van der Waals surface area contributed by atoms with Crippen molar-refractivity contribution in [1.29, 1.82) is 0 Å². The van der Waals surface area contributed by atoms with Crippen LogP contribution in [0.25, 0.3) is 0 Å². The van der Waals surface area contributed by atoms with E-state index in [-0.39, 0.29) is 0 Å². The maximum absolute atomic E-state index is 5.92. The van der Waals surface area contributed by atoms with Crippen LogP contribution in [0.2, 0.25) is 5.02 Å². The van der Waals surface area contributed by atoms with Crippen LogP contribution in [0, 0.1) is 0 Å². The van der Waals surface area contributed by atoms with Crippen LogP contribution in [0.5, 0.6) is 0 Å². The second kappa shape index (κ2) is 6.42. The molecule has 0 radical (unpaired) electrons. The van der Waals surface area contributed by atoms with Gasteiger partial charge in [-0.25, -0.2) is 4.98 Å². The monoisotopic (exact) mass is 230 g/mol. The smallest absolute Gasteiger partial charge is 0.224 e. The maximum atomic E-state index is 5.92. The number of ether oxygens (including phenoxy) is 1. The first-order chi connectivity index (χ1) is 7.27. The maximum Gasteiger partial charge on any atom is 0.224 e. The average molecular weight is 231 g/mol. The lowest BCUT2D eigenvalue weighted by Gasteiger charge is -2.07. The summed E-state index contributed by atoms with van der Waals surface area (Å²) in [6.45, 7) is 1.49. The lowest BCUT2D eigenvalue weighted by Crippen LogP contribution is -2.08. The van der Waals surface area contributed by atoms with Gasteiger partial charge in [-0.3, -0.25) is 0 Å². The molecule has 0 aromatic carbocycles. The highest BCUT2D eigenvalue weighted by Crippen LogP contribution is 2.18. The summed E-state index contributed by atoms with van der Waals surface area (Å²) in [6, 6.07) is 0. The molecule has 0 atom stereocenters. The van der Waals surface area contributed by atoms with E-state index in [2.05, 4.69) is 20.6 Å². The Hall–Kier alpha value is -1.07. The standard InChI is InChI=1S/C9H15ClN4O/c1-11-9-13-6-7(10)8(14-9)12-4-3-5-15-2/h6H,3-5H2,1-2H3,(H2,11,12,13,14). The molecule has 1 aromatic heterocycles. The molecule has 0 fully saturated rings. The number of rotatable bonds is 6. The van der Waals surface area contributed by atoms with Crippen molar-refractivity contribution in [2.45, 2.75) is 6.42 Å². The number of nitrogens with zero attached hydrogens (tertiary/aromatic N) is 2. The van der Waals surface area contributed by atoms with Crippen molar-refractivity contribution in [1.82, 2.24) is 9.97 Å². The van der Waals surface area contributed by atoms with Gasteiger partial charge in [0.15, 0.2) is 0 Å². The van der Waals surface area contributed by atoms with Gasteiger partial charge in [0.2, 0.25) is 5.95 Å². The molecule has 2 N–H and O–H groups in total. The Labute approximate surface area is 94.2 Å². The molecule has 0 unspecified atom stereocenters. The highest BCUT2D eigenvalue weighted by atomic mass is 35.5. The van der Waals surface area contributed by atoms with E-state index in [9.17, 15) is 0 Å². The predicted molar refractivity (Wildman–Crippen MR) is 61.6 cm³/mol. The Bertz CT molecular complexity index is 308. The summed E-state index contributed by atoms with van der Waals surface area (Å²) in [5.41, 5.74) is 0. The van der Waals surface area contributed by atoms with E-state index in [1.807, 2.05) is 0 Å². The number of aromatic nitrogens is 2. The van der Waals surface area contributed by atoms with Crippen LogP contribution in [-0.4, -0.2) is 37.3 Å². The zero-order valence-corrected chi connectivity index (χ0v) is 9.64. The Morgan fingerprint density at radius 3 is 3.00 bits per heavy atom. The van der Waals surface area contributed by atoms with Gasteiger partial charge < -0.3 is 15.4 Å². The number of nitrogens with one attached hydrogen (secondary N) is 2. The number of hydrogen-bond donors (Lipinski definition) is 2. The molecule has 1 rings (SSSR count). The first-order valence-electron chi connectivity index (χ1n) is 4.71. The van der Waals surface area contributed by atoms with Gasteiger partial charge in [0.1, 0.15) is 10.8 Å². The molecule has 0 aliphatic carbocycles. The molecule has 0 saturated heterocycles. The molecule has 0 spiro atoms. The summed E-state index contributed by atoms with van der Waals surface area (Å²) in [5.74, 6) is 1.20. The van der Waals surface area contributed by atoms with Crippen LogP contribution in [0.15, 0.2) is 6.20 Å². The number of halogens is 1. The fourth-order valence-electron chi connectivity index (χ4n) is 1.03. The molecule has 6 heteroatoms. The lowest BCUT2D eigenvalue weighted by atomic mass is 10.4. The van der Waals surface area contributed by atoms with Crippen LogP contribution < -0.4 is 10.6 Å². The molecule has 0 saturated carbocycles. The van der Waals surface area contributed by atoms with Crippen molar-refractivity contribution >= 4 is 23.4 Å². The fraction of sp³-hybridized carbons (Fsp3) is 0.556. The zero-order valence-electron chi connectivity index (χ0n) is 8.88. The molecule has 15 heavy (non-hydrogen) atoms. The van der Waals surface area contributed by atoms with Crippen molar-refractivity contribution in [2.24, 2.45) is 0 Å². The molecule has 5 nitrogen and oxygen atoms in total. The zero-order chi connectivity index (χ0) is 11.1. The van der Waals surface area contributed by atoms with Gasteiger partial charge in [0.25, 0.3) is 0 Å². The molecular weight excluding hydrogens is 216 g/mol. The number of anilines is 2. The summed E-state index contributed by atoms with van der Waals surface area (Å²) >= 11 is 5.92. The molecule has 84 valence electrons. The molecular formula is C9H15ClN4O. The third-order valence-electron chi connectivity index (χ3n) is 1.79. The van der Waals surface area contributed by atoms with E-state index in [1.165, 1.54) is 0 Å². The van der Waals surface area contributed by atoms with Crippen molar-refractivity contribution in [3.05, 3.63) is 11.2 Å². The molecule has 0 amide bonds. The summed E-state index contributed by atoms with van der Waals surface area (Å²) in [6.07, 6.45) is 2.48. The van der Waals surface area contributed by atoms with E-state index in [4.69, 9.17) is 16.3 Å². The van der Waals surface area contributed by atoms with Gasteiger partial charge in [-0.1, -0.05) is 11.6 Å². The molecule has 0 aliphatic heterocycles. The van der Waals surface area contributed by atoms with Gasteiger partial charge in [-0.05, 0) is 6.42 Å². The minimum atomic E-state index is 0.520. The van der Waals surface area contributed by atoms with Crippen LogP contribution in [0.3, 0.4) is 0 Å². The van der Waals surface area contributed by atoms with Crippen molar-refractivity contribution in [3.8, 4) is 0 Å². The second-order valence-corrected chi connectivity index (χ2v) is 3.32. The predicted octanol–water partition coefficient (Wildman–Crippen LogP) is 1.62. The lowest BCUT2D eigenvalue weighted by molar-refractivity contribution is 0.198. The number of hydrogen-bond acceptors (Lipinski definition) is 5. The van der Waals surface area contributed by atoms with Crippen LogP contribution in [0.1, 0.15) is 6.42 Å². The summed E-state index contributed by atoms with van der Waals surface area (Å²) in [4.78, 5) is 8.17. The molecule has 1 aromatic rings. The average Bonchev–Trinajstić information content (AvgIpc) is 2.26. The van der Waals surface area contributed by atoms with Gasteiger partial charge >= 0.3 is 0 Å². The SMILES string of the molecule is CNc1ncc(Cl)c(NCCCOC)n1. The minimum Gasteiger partial charge on any atom is -0.385 e. The second-order valence-electron chi connectivity index (χ2n) is 2.91. The van der Waals surface area contributed by atoms with Crippen LogP contribution >= 0.6 is 11.6 Å². The third-order valence-corrected chi connectivity index (χ3v) is 2.06. The summed E-state index contributed by atoms with van der Waals surface area (Å²) < 4.78 is 4.94. The normalized spacial score (nSPS) is 10.1. The van der Waals surface area contributed by atoms with Crippen molar-refractivity contribution in [2.75, 3.05) is 37.9 Å². The van der Waals surface area contributed by atoms with Gasteiger partial charge in [0.05, 0.1) is 6.20 Å². The number of methoxy groups -OCH3 is 1. The Kier molecular flexibility index (Phi) is 5.14. The Balaban J connectivity index is 2.51. The first-order valence-corrected chi connectivity index (χ1v) is 5.09. The summed E-state index contributed by atoms with van der Waals surface area (Å²) in [5, 5.41) is 6.49. The summed E-state index contributed by atoms with van der Waals surface area (Å²) in [7, 11) is 3.44. The van der Waals surface area contributed by atoms with Crippen molar-refractivity contribution in [3.63, 3.8) is 0 Å². The third kappa shape index (κ3) is 3.89. The Morgan fingerprint density at radius 2 is 2.33 bits per heavy atom. The highest BCUT2D eigenvalue weighted by molar-refractivity contribution is 6.32. The van der Waals surface area contributed by atoms with Gasteiger partial charge in [-0.15, -0.1) is 0 Å². The van der Waals surface area contributed by atoms with Crippen molar-refractivity contribution < 1.29 is 4.74 Å². The van der Waals surface area contributed by atoms with E-state index in [1.54, 1.807) is 20.4 Å². The van der Waals surface area contributed by atoms with Crippen LogP contribution in [0.4, 0.5) is 11.8 Å². The minimum absolute atomic E-state index is 0.520. The van der Waals surface area contributed by atoms with Gasteiger partial charge in [0, 0.05) is 27.3 Å². The van der Waals surface area contributed by atoms with E-state index < -0.39 is 0 Å². The fourth-order valence-corrected chi connectivity index (χ4v) is 1.19.